The molecular formula is C13H18ClN5O. The highest BCUT2D eigenvalue weighted by Gasteiger charge is 2.25. The maximum absolute atomic E-state index is 5.35. The maximum atomic E-state index is 5.35. The Hall–Kier alpha value is -1.50. The Kier molecular flexibility index (Phi) is 4.69. The van der Waals surface area contributed by atoms with Gasteiger partial charge in [-0.05, 0) is 25.6 Å². The molecule has 2 aromatic rings. The van der Waals surface area contributed by atoms with Crippen LogP contribution in [-0.2, 0) is 0 Å². The van der Waals surface area contributed by atoms with Crippen molar-refractivity contribution in [3.05, 3.63) is 29.8 Å². The average molecular weight is 296 g/mol. The number of nitrogens with zero attached hydrogens (tertiary/aromatic N) is 4. The van der Waals surface area contributed by atoms with Gasteiger partial charge < -0.3 is 9.84 Å². The number of pyridine rings is 1. The number of hydrogen-bond acceptors (Lipinski definition) is 6. The van der Waals surface area contributed by atoms with E-state index >= 15 is 0 Å². The van der Waals surface area contributed by atoms with E-state index in [1.165, 1.54) is 0 Å². The first-order valence-corrected chi connectivity index (χ1v) is 6.40. The molecule has 2 aromatic heterocycles. The summed E-state index contributed by atoms with van der Waals surface area (Å²) >= 11 is 0. The number of aromatic nitrogens is 3. The lowest BCUT2D eigenvalue weighted by atomic mass is 10.2. The van der Waals surface area contributed by atoms with E-state index in [1.54, 1.807) is 12.4 Å². The first-order valence-electron chi connectivity index (χ1n) is 6.40. The molecule has 1 unspecified atom stereocenters. The fourth-order valence-corrected chi connectivity index (χ4v) is 2.25. The Labute approximate surface area is 124 Å². The van der Waals surface area contributed by atoms with Crippen molar-refractivity contribution in [2.75, 3.05) is 26.7 Å². The second kappa shape index (κ2) is 6.30. The first kappa shape index (κ1) is 14.9. The minimum atomic E-state index is 0. The lowest BCUT2D eigenvalue weighted by Gasteiger charge is -2.30. The zero-order valence-corrected chi connectivity index (χ0v) is 12.4. The second-order valence-electron chi connectivity index (χ2n) is 4.91. The molecule has 3 heterocycles. The van der Waals surface area contributed by atoms with E-state index < -0.39 is 0 Å². The van der Waals surface area contributed by atoms with Crippen LogP contribution in [0.2, 0.25) is 0 Å². The number of nitrogens with one attached hydrogen (secondary N) is 1. The van der Waals surface area contributed by atoms with E-state index in [4.69, 9.17) is 4.52 Å². The highest BCUT2D eigenvalue weighted by Crippen LogP contribution is 2.22. The van der Waals surface area contributed by atoms with Crippen LogP contribution in [0, 0.1) is 6.92 Å². The van der Waals surface area contributed by atoms with Crippen molar-refractivity contribution in [3.8, 4) is 11.5 Å². The molecule has 20 heavy (non-hydrogen) atoms. The first-order chi connectivity index (χ1) is 9.24. The fourth-order valence-electron chi connectivity index (χ4n) is 2.25. The number of halogens is 1. The number of hydrogen-bond donors (Lipinski definition) is 1. The summed E-state index contributed by atoms with van der Waals surface area (Å²) in [6.07, 6.45) is 3.55. The molecule has 108 valence electrons. The van der Waals surface area contributed by atoms with Gasteiger partial charge in [0.2, 0.25) is 0 Å². The number of rotatable bonds is 2. The van der Waals surface area contributed by atoms with Crippen molar-refractivity contribution in [3.63, 3.8) is 0 Å². The van der Waals surface area contributed by atoms with Crippen molar-refractivity contribution in [2.24, 2.45) is 0 Å². The number of piperazine rings is 1. The van der Waals surface area contributed by atoms with E-state index in [0.717, 1.165) is 36.6 Å². The molecule has 6 nitrogen and oxygen atoms in total. The minimum Gasteiger partial charge on any atom is -0.334 e. The van der Waals surface area contributed by atoms with E-state index in [9.17, 15) is 0 Å². The Morgan fingerprint density at radius 1 is 1.40 bits per heavy atom. The normalized spacial score (nSPS) is 19.6. The van der Waals surface area contributed by atoms with Crippen molar-refractivity contribution < 1.29 is 4.52 Å². The molecule has 0 aliphatic carbocycles. The molecule has 1 saturated heterocycles. The fraction of sp³-hybridized carbons (Fsp3) is 0.462. The number of aryl methyl sites for hydroxylation is 1. The van der Waals surface area contributed by atoms with Gasteiger partial charge in [-0.3, -0.25) is 9.88 Å². The van der Waals surface area contributed by atoms with Gasteiger partial charge in [-0.1, -0.05) is 5.16 Å². The van der Waals surface area contributed by atoms with Gasteiger partial charge in [-0.15, -0.1) is 12.4 Å². The standard InChI is InChI=1S/C13H17N5O.ClH/c1-9-5-10(7-15-6-9)13-16-12(17-19-13)11-8-14-3-4-18(11)2;/h5-7,11,14H,3-4,8H2,1-2H3;1H. The summed E-state index contributed by atoms with van der Waals surface area (Å²) in [7, 11) is 2.08. The monoisotopic (exact) mass is 295 g/mol. The average Bonchev–Trinajstić information content (AvgIpc) is 2.89. The maximum Gasteiger partial charge on any atom is 0.259 e. The van der Waals surface area contributed by atoms with Crippen LogP contribution >= 0.6 is 12.4 Å². The largest absolute Gasteiger partial charge is 0.334 e. The highest BCUT2D eigenvalue weighted by molar-refractivity contribution is 5.85. The van der Waals surface area contributed by atoms with Crippen molar-refractivity contribution in [2.45, 2.75) is 13.0 Å². The van der Waals surface area contributed by atoms with Gasteiger partial charge in [0.15, 0.2) is 5.82 Å². The SMILES string of the molecule is Cc1cncc(-c2nc(C3CNCCN3C)no2)c1.Cl. The van der Waals surface area contributed by atoms with Crippen molar-refractivity contribution >= 4 is 12.4 Å². The minimum absolute atomic E-state index is 0. The molecule has 7 heteroatoms. The van der Waals surface area contributed by atoms with Gasteiger partial charge in [0.05, 0.1) is 11.6 Å². The van der Waals surface area contributed by atoms with E-state index in [2.05, 4.69) is 32.4 Å². The lowest BCUT2D eigenvalue weighted by Crippen LogP contribution is -2.44. The van der Waals surface area contributed by atoms with Crippen LogP contribution in [0.15, 0.2) is 23.0 Å². The zero-order valence-electron chi connectivity index (χ0n) is 11.5. The highest BCUT2D eigenvalue weighted by atomic mass is 35.5. The summed E-state index contributed by atoms with van der Waals surface area (Å²) in [6.45, 7) is 4.83. The van der Waals surface area contributed by atoms with Gasteiger partial charge in [-0.2, -0.15) is 4.98 Å². The van der Waals surface area contributed by atoms with Crippen molar-refractivity contribution in [1.82, 2.24) is 25.3 Å². The smallest absolute Gasteiger partial charge is 0.259 e. The molecule has 0 bridgehead atoms. The molecule has 1 N–H and O–H groups in total. The molecule has 1 aliphatic rings. The Morgan fingerprint density at radius 2 is 2.25 bits per heavy atom. The molecule has 1 aliphatic heterocycles. The van der Waals surface area contributed by atoms with Gasteiger partial charge >= 0.3 is 0 Å². The predicted octanol–water partition coefficient (Wildman–Crippen LogP) is 1.44. The summed E-state index contributed by atoms with van der Waals surface area (Å²) < 4.78 is 5.35. The third kappa shape index (κ3) is 2.98. The van der Waals surface area contributed by atoms with Crippen LogP contribution < -0.4 is 5.32 Å². The molecule has 0 saturated carbocycles. The van der Waals surface area contributed by atoms with Crippen LogP contribution in [0.5, 0.6) is 0 Å². The lowest BCUT2D eigenvalue weighted by molar-refractivity contribution is 0.190. The van der Waals surface area contributed by atoms with Crippen LogP contribution in [0.1, 0.15) is 17.4 Å². The van der Waals surface area contributed by atoms with Gasteiger partial charge in [0.25, 0.3) is 5.89 Å². The summed E-state index contributed by atoms with van der Waals surface area (Å²) in [5.41, 5.74) is 1.94. The van der Waals surface area contributed by atoms with Crippen LogP contribution in [0.25, 0.3) is 11.5 Å². The summed E-state index contributed by atoms with van der Waals surface area (Å²) in [5.74, 6) is 1.26. The third-order valence-electron chi connectivity index (χ3n) is 3.37. The zero-order chi connectivity index (χ0) is 13.2. The molecule has 0 radical (unpaired) electrons. The van der Waals surface area contributed by atoms with E-state index in [-0.39, 0.29) is 18.4 Å². The van der Waals surface area contributed by atoms with Gasteiger partial charge in [-0.25, -0.2) is 0 Å². The molecule has 1 fully saturated rings. The molecular weight excluding hydrogens is 278 g/mol. The molecule has 0 amide bonds. The molecule has 0 spiro atoms. The van der Waals surface area contributed by atoms with Crippen molar-refractivity contribution in [1.29, 1.82) is 0 Å². The van der Waals surface area contributed by atoms with Gasteiger partial charge in [0, 0.05) is 32.0 Å². The third-order valence-corrected chi connectivity index (χ3v) is 3.37. The number of likely N-dealkylation sites (N-methyl/N-ethyl adjacent to an activating group) is 1. The summed E-state index contributed by atoms with van der Waals surface area (Å²) in [5, 5.41) is 7.45. The van der Waals surface area contributed by atoms with E-state index in [0.29, 0.717) is 5.89 Å². The topological polar surface area (TPSA) is 67.1 Å². The molecule has 0 aromatic carbocycles. The Morgan fingerprint density at radius 3 is 3.00 bits per heavy atom. The molecule has 3 rings (SSSR count). The molecule has 1 atom stereocenters. The Balaban J connectivity index is 0.00000147. The second-order valence-corrected chi connectivity index (χ2v) is 4.91. The van der Waals surface area contributed by atoms with Gasteiger partial charge in [0.1, 0.15) is 0 Å². The summed E-state index contributed by atoms with van der Waals surface area (Å²) in [4.78, 5) is 10.9. The van der Waals surface area contributed by atoms with Crippen LogP contribution in [-0.4, -0.2) is 46.7 Å². The van der Waals surface area contributed by atoms with E-state index in [1.807, 2.05) is 13.0 Å². The predicted molar refractivity (Wildman–Crippen MR) is 77.8 cm³/mol. The quantitative estimate of drug-likeness (QED) is 0.904. The Bertz CT molecular complexity index is 573. The van der Waals surface area contributed by atoms with Crippen LogP contribution in [0.3, 0.4) is 0 Å². The summed E-state index contributed by atoms with van der Waals surface area (Å²) in [6, 6.07) is 2.16. The van der Waals surface area contributed by atoms with Crippen LogP contribution in [0.4, 0.5) is 0 Å².